The summed E-state index contributed by atoms with van der Waals surface area (Å²) in [4.78, 5) is 24.3. The van der Waals surface area contributed by atoms with Gasteiger partial charge in [0.05, 0.1) is 13.0 Å². The van der Waals surface area contributed by atoms with Crippen molar-refractivity contribution >= 4 is 17.5 Å². The lowest BCUT2D eigenvalue weighted by atomic mass is 10.1. The van der Waals surface area contributed by atoms with Crippen LogP contribution < -0.4 is 15.4 Å². The van der Waals surface area contributed by atoms with Crippen molar-refractivity contribution in [3.63, 3.8) is 0 Å². The van der Waals surface area contributed by atoms with E-state index in [-0.39, 0.29) is 24.6 Å². The van der Waals surface area contributed by atoms with Gasteiger partial charge in [0, 0.05) is 24.7 Å². The molecule has 96 valence electrons. The third-order valence-corrected chi connectivity index (χ3v) is 3.00. The van der Waals surface area contributed by atoms with Gasteiger partial charge in [-0.2, -0.15) is 0 Å². The molecule has 18 heavy (non-hydrogen) atoms. The van der Waals surface area contributed by atoms with Crippen molar-refractivity contribution in [1.82, 2.24) is 0 Å². The molecule has 2 amide bonds. The van der Waals surface area contributed by atoms with Crippen molar-refractivity contribution < 1.29 is 19.4 Å². The van der Waals surface area contributed by atoms with E-state index < -0.39 is 11.8 Å². The summed E-state index contributed by atoms with van der Waals surface area (Å²) in [5, 5.41) is 9.66. The number of carbonyl (C=O) groups is 2. The molecule has 0 radical (unpaired) electrons. The quantitative estimate of drug-likeness (QED) is 0.803. The highest BCUT2D eigenvalue weighted by Gasteiger charge is 2.34. The number of rotatable bonds is 3. The van der Waals surface area contributed by atoms with E-state index in [1.54, 1.807) is 12.1 Å². The standard InChI is InChI=1S/C12H14N2O4/c1-18-10-3-2-8(5-9(10)15)14-6-7(12(13)17)4-11(14)16/h2-3,5,7,15H,4,6H2,1H3,(H2,13,17). The number of aromatic hydroxyl groups is 1. The van der Waals surface area contributed by atoms with Crippen LogP contribution >= 0.6 is 0 Å². The molecule has 1 aromatic carbocycles. The fraction of sp³-hybridized carbons (Fsp3) is 0.333. The molecule has 1 atom stereocenters. The van der Waals surface area contributed by atoms with Gasteiger partial charge >= 0.3 is 0 Å². The zero-order chi connectivity index (χ0) is 13.3. The second-order valence-corrected chi connectivity index (χ2v) is 4.16. The maximum atomic E-state index is 11.8. The average Bonchev–Trinajstić information content (AvgIpc) is 2.71. The van der Waals surface area contributed by atoms with E-state index in [4.69, 9.17) is 10.5 Å². The number of ether oxygens (including phenoxy) is 1. The lowest BCUT2D eigenvalue weighted by molar-refractivity contribution is -0.123. The Morgan fingerprint density at radius 1 is 1.56 bits per heavy atom. The zero-order valence-electron chi connectivity index (χ0n) is 9.92. The van der Waals surface area contributed by atoms with Gasteiger partial charge in [0.15, 0.2) is 11.5 Å². The number of anilines is 1. The Morgan fingerprint density at radius 2 is 2.28 bits per heavy atom. The number of phenolic OH excluding ortho intramolecular Hbond substituents is 1. The summed E-state index contributed by atoms with van der Waals surface area (Å²) in [5.41, 5.74) is 5.72. The first-order valence-corrected chi connectivity index (χ1v) is 5.49. The third kappa shape index (κ3) is 2.09. The van der Waals surface area contributed by atoms with E-state index in [1.165, 1.54) is 18.1 Å². The van der Waals surface area contributed by atoms with Crippen LogP contribution in [0.1, 0.15) is 6.42 Å². The Hall–Kier alpha value is -2.24. The van der Waals surface area contributed by atoms with Gasteiger partial charge < -0.3 is 20.5 Å². The van der Waals surface area contributed by atoms with Gasteiger partial charge in [-0.25, -0.2) is 0 Å². The van der Waals surface area contributed by atoms with Crippen LogP contribution in [0.3, 0.4) is 0 Å². The minimum absolute atomic E-state index is 0.0506. The molecule has 1 aliphatic rings. The van der Waals surface area contributed by atoms with Crippen LogP contribution in [0.2, 0.25) is 0 Å². The maximum absolute atomic E-state index is 11.8. The third-order valence-electron chi connectivity index (χ3n) is 3.00. The molecule has 3 N–H and O–H groups in total. The van der Waals surface area contributed by atoms with Crippen LogP contribution in [-0.4, -0.2) is 30.6 Å². The molecule has 1 unspecified atom stereocenters. The number of phenols is 1. The Morgan fingerprint density at radius 3 is 2.78 bits per heavy atom. The first-order valence-electron chi connectivity index (χ1n) is 5.49. The molecule has 0 aromatic heterocycles. The zero-order valence-corrected chi connectivity index (χ0v) is 9.92. The monoisotopic (exact) mass is 250 g/mol. The first kappa shape index (κ1) is 12.2. The Bertz CT molecular complexity index is 501. The van der Waals surface area contributed by atoms with Crippen molar-refractivity contribution in [2.45, 2.75) is 6.42 Å². The van der Waals surface area contributed by atoms with Crippen LogP contribution in [0.4, 0.5) is 5.69 Å². The van der Waals surface area contributed by atoms with E-state index in [2.05, 4.69) is 0 Å². The molecule has 0 bridgehead atoms. The largest absolute Gasteiger partial charge is 0.504 e. The molecule has 1 saturated heterocycles. The molecule has 1 aliphatic heterocycles. The van der Waals surface area contributed by atoms with Crippen molar-refractivity contribution in [2.24, 2.45) is 11.7 Å². The lowest BCUT2D eigenvalue weighted by Crippen LogP contribution is -2.28. The SMILES string of the molecule is COc1ccc(N2CC(C(N)=O)CC2=O)cc1O. The molecule has 1 heterocycles. The number of amides is 2. The fourth-order valence-electron chi connectivity index (χ4n) is 1.99. The Labute approximate surface area is 104 Å². The second kappa shape index (κ2) is 4.56. The van der Waals surface area contributed by atoms with E-state index in [1.807, 2.05) is 0 Å². The maximum Gasteiger partial charge on any atom is 0.227 e. The number of benzene rings is 1. The average molecular weight is 250 g/mol. The predicted molar refractivity (Wildman–Crippen MR) is 64.3 cm³/mol. The number of nitrogens with two attached hydrogens (primary N) is 1. The Kier molecular flexibility index (Phi) is 3.10. The highest BCUT2D eigenvalue weighted by Crippen LogP contribution is 2.33. The van der Waals surface area contributed by atoms with Gasteiger partial charge in [-0.3, -0.25) is 9.59 Å². The molecule has 0 aliphatic carbocycles. The second-order valence-electron chi connectivity index (χ2n) is 4.16. The molecule has 1 aromatic rings. The molecule has 0 saturated carbocycles. The van der Waals surface area contributed by atoms with E-state index in [0.717, 1.165) is 0 Å². The summed E-state index contributed by atoms with van der Waals surface area (Å²) in [6.07, 6.45) is 0.113. The molecule has 6 heteroatoms. The van der Waals surface area contributed by atoms with Gasteiger partial charge in [-0.1, -0.05) is 0 Å². The smallest absolute Gasteiger partial charge is 0.227 e. The predicted octanol–water partition coefficient (Wildman–Crippen LogP) is 0.239. The topological polar surface area (TPSA) is 92.9 Å². The number of hydrogen-bond donors (Lipinski definition) is 2. The normalized spacial score (nSPS) is 19.1. The lowest BCUT2D eigenvalue weighted by Gasteiger charge is -2.17. The molecule has 1 fully saturated rings. The minimum Gasteiger partial charge on any atom is -0.504 e. The van der Waals surface area contributed by atoms with Gasteiger partial charge in [-0.05, 0) is 12.1 Å². The summed E-state index contributed by atoms with van der Waals surface area (Å²) < 4.78 is 4.92. The van der Waals surface area contributed by atoms with Crippen LogP contribution in [0.5, 0.6) is 11.5 Å². The number of hydrogen-bond acceptors (Lipinski definition) is 4. The summed E-state index contributed by atoms with van der Waals surface area (Å²) in [6, 6.07) is 4.65. The number of carbonyl (C=O) groups excluding carboxylic acids is 2. The summed E-state index contributed by atoms with van der Waals surface area (Å²) in [7, 11) is 1.44. The van der Waals surface area contributed by atoms with Crippen LogP contribution in [0, 0.1) is 5.92 Å². The van der Waals surface area contributed by atoms with E-state index >= 15 is 0 Å². The number of methoxy groups -OCH3 is 1. The van der Waals surface area contributed by atoms with Gasteiger partial charge in [0.1, 0.15) is 0 Å². The summed E-state index contributed by atoms with van der Waals surface area (Å²) in [6.45, 7) is 0.250. The fourth-order valence-corrected chi connectivity index (χ4v) is 1.99. The first-order chi connectivity index (χ1) is 8.52. The number of primary amides is 1. The van der Waals surface area contributed by atoms with Crippen molar-refractivity contribution in [3.8, 4) is 11.5 Å². The van der Waals surface area contributed by atoms with Crippen molar-refractivity contribution in [2.75, 3.05) is 18.6 Å². The summed E-state index contributed by atoms with van der Waals surface area (Å²) in [5.74, 6) is -0.851. The van der Waals surface area contributed by atoms with Crippen LogP contribution in [0.15, 0.2) is 18.2 Å². The van der Waals surface area contributed by atoms with Gasteiger partial charge in [0.2, 0.25) is 11.8 Å². The van der Waals surface area contributed by atoms with E-state index in [9.17, 15) is 14.7 Å². The van der Waals surface area contributed by atoms with Crippen molar-refractivity contribution in [1.29, 1.82) is 0 Å². The molecule has 6 nitrogen and oxygen atoms in total. The molecular weight excluding hydrogens is 236 g/mol. The van der Waals surface area contributed by atoms with Gasteiger partial charge in [-0.15, -0.1) is 0 Å². The summed E-state index contributed by atoms with van der Waals surface area (Å²) >= 11 is 0. The highest BCUT2D eigenvalue weighted by molar-refractivity contribution is 6.00. The molecular formula is C12H14N2O4. The van der Waals surface area contributed by atoms with Crippen LogP contribution in [0.25, 0.3) is 0 Å². The van der Waals surface area contributed by atoms with Crippen LogP contribution in [-0.2, 0) is 9.59 Å². The van der Waals surface area contributed by atoms with Gasteiger partial charge in [0.25, 0.3) is 0 Å². The Balaban J connectivity index is 2.24. The molecule has 0 spiro atoms. The van der Waals surface area contributed by atoms with Crippen molar-refractivity contribution in [3.05, 3.63) is 18.2 Å². The van der Waals surface area contributed by atoms with E-state index in [0.29, 0.717) is 11.4 Å². The number of nitrogens with zero attached hydrogens (tertiary/aromatic N) is 1. The molecule has 2 rings (SSSR count). The highest BCUT2D eigenvalue weighted by atomic mass is 16.5. The minimum atomic E-state index is -0.483.